The van der Waals surface area contributed by atoms with E-state index in [0.29, 0.717) is 10.8 Å². The molecule has 0 unspecified atom stereocenters. The average molecular weight is 264 g/mol. The van der Waals surface area contributed by atoms with Gasteiger partial charge in [0.05, 0.1) is 7.11 Å². The first-order valence-electron chi connectivity index (χ1n) is 5.85. The Morgan fingerprint density at radius 3 is 2.72 bits per heavy atom. The van der Waals surface area contributed by atoms with Gasteiger partial charge in [0.1, 0.15) is 10.6 Å². The molecule has 0 atom stereocenters. The summed E-state index contributed by atoms with van der Waals surface area (Å²) in [5.41, 5.74) is 0.927. The fourth-order valence-electron chi connectivity index (χ4n) is 2.04. The lowest BCUT2D eigenvalue weighted by atomic mass is 10.00. The summed E-state index contributed by atoms with van der Waals surface area (Å²) >= 11 is 1.34. The molecule has 3 nitrogen and oxygen atoms in total. The van der Waals surface area contributed by atoms with Gasteiger partial charge in [-0.1, -0.05) is 13.8 Å². The normalized spacial score (nSPS) is 11.1. The third-order valence-electron chi connectivity index (χ3n) is 2.80. The van der Waals surface area contributed by atoms with E-state index >= 15 is 0 Å². The average Bonchev–Trinajstić information content (AvgIpc) is 2.67. The van der Waals surface area contributed by atoms with Crippen molar-refractivity contribution in [3.63, 3.8) is 0 Å². The van der Waals surface area contributed by atoms with Crippen LogP contribution >= 0.6 is 11.3 Å². The summed E-state index contributed by atoms with van der Waals surface area (Å²) < 4.78 is 6.21. The Hall–Kier alpha value is -1.55. The Labute approximate surface area is 110 Å². The number of thiophene rings is 1. The smallest absolute Gasteiger partial charge is 0.346 e. The van der Waals surface area contributed by atoms with Crippen LogP contribution in [0.25, 0.3) is 10.1 Å². The molecule has 4 heteroatoms. The maximum Gasteiger partial charge on any atom is 0.346 e. The van der Waals surface area contributed by atoms with E-state index in [-0.39, 0.29) is 0 Å². The highest BCUT2D eigenvalue weighted by molar-refractivity contribution is 7.21. The molecule has 0 bridgehead atoms. The fraction of sp³-hybridized carbons (Fsp3) is 0.357. The Kier molecular flexibility index (Phi) is 3.57. The van der Waals surface area contributed by atoms with Crippen molar-refractivity contribution in [3.8, 4) is 5.75 Å². The maximum atomic E-state index is 11.3. The fourth-order valence-corrected chi connectivity index (χ4v) is 3.09. The first kappa shape index (κ1) is 12.9. The first-order valence-corrected chi connectivity index (χ1v) is 6.67. The molecule has 0 aliphatic heterocycles. The van der Waals surface area contributed by atoms with Crippen LogP contribution in [0.5, 0.6) is 5.75 Å². The van der Waals surface area contributed by atoms with E-state index < -0.39 is 5.97 Å². The number of rotatable bonds is 4. The van der Waals surface area contributed by atoms with Gasteiger partial charge >= 0.3 is 5.97 Å². The number of aromatic carboxylic acids is 1. The van der Waals surface area contributed by atoms with Crippen molar-refractivity contribution in [2.24, 2.45) is 5.92 Å². The van der Waals surface area contributed by atoms with Gasteiger partial charge in [-0.3, -0.25) is 0 Å². The highest BCUT2D eigenvalue weighted by Crippen LogP contribution is 2.35. The predicted octanol–water partition coefficient (Wildman–Crippen LogP) is 3.81. The Morgan fingerprint density at radius 1 is 1.44 bits per heavy atom. The minimum Gasteiger partial charge on any atom is -0.497 e. The second-order valence-electron chi connectivity index (χ2n) is 4.67. The van der Waals surface area contributed by atoms with Gasteiger partial charge in [-0.2, -0.15) is 0 Å². The standard InChI is InChI=1S/C14H16O3S/c1-8(2)6-11-10-7-9(17-3)4-5-12(10)18-13(11)14(15)16/h4-5,7-8H,6H2,1-3H3,(H,15,16). The predicted molar refractivity (Wildman–Crippen MR) is 73.9 cm³/mol. The summed E-state index contributed by atoms with van der Waals surface area (Å²) in [6.07, 6.45) is 0.773. The molecule has 0 saturated heterocycles. The van der Waals surface area contributed by atoms with Crippen molar-refractivity contribution in [1.82, 2.24) is 0 Å². The van der Waals surface area contributed by atoms with Gasteiger partial charge in [0.25, 0.3) is 0 Å². The van der Waals surface area contributed by atoms with E-state index in [1.807, 2.05) is 18.2 Å². The van der Waals surface area contributed by atoms with E-state index in [1.54, 1.807) is 7.11 Å². The quantitative estimate of drug-likeness (QED) is 0.913. The monoisotopic (exact) mass is 264 g/mol. The number of benzene rings is 1. The van der Waals surface area contributed by atoms with E-state index in [0.717, 1.165) is 27.8 Å². The van der Waals surface area contributed by atoms with E-state index in [9.17, 15) is 9.90 Å². The molecule has 18 heavy (non-hydrogen) atoms. The SMILES string of the molecule is COc1ccc2sc(C(=O)O)c(CC(C)C)c2c1. The summed E-state index contributed by atoms with van der Waals surface area (Å²) in [7, 11) is 1.62. The number of hydrogen-bond donors (Lipinski definition) is 1. The lowest BCUT2D eigenvalue weighted by Crippen LogP contribution is -2.01. The largest absolute Gasteiger partial charge is 0.497 e. The molecular formula is C14H16O3S. The Morgan fingerprint density at radius 2 is 2.17 bits per heavy atom. The number of carbonyl (C=O) groups is 1. The van der Waals surface area contributed by atoms with Gasteiger partial charge in [-0.15, -0.1) is 11.3 Å². The van der Waals surface area contributed by atoms with Crippen molar-refractivity contribution >= 4 is 27.4 Å². The van der Waals surface area contributed by atoms with Crippen LogP contribution in [0, 0.1) is 5.92 Å². The van der Waals surface area contributed by atoms with Crippen LogP contribution in [0.3, 0.4) is 0 Å². The summed E-state index contributed by atoms with van der Waals surface area (Å²) in [5, 5.41) is 10.3. The van der Waals surface area contributed by atoms with Crippen LogP contribution in [-0.2, 0) is 6.42 Å². The van der Waals surface area contributed by atoms with Gasteiger partial charge in [0.15, 0.2) is 0 Å². The first-order chi connectivity index (χ1) is 8.52. The number of fused-ring (bicyclic) bond motifs is 1. The van der Waals surface area contributed by atoms with E-state index in [4.69, 9.17) is 4.74 Å². The second-order valence-corrected chi connectivity index (χ2v) is 5.73. The third-order valence-corrected chi connectivity index (χ3v) is 4.01. The summed E-state index contributed by atoms with van der Waals surface area (Å²) in [6.45, 7) is 4.19. The lowest BCUT2D eigenvalue weighted by Gasteiger charge is -2.06. The minimum atomic E-state index is -0.842. The molecular weight excluding hydrogens is 248 g/mol. The number of ether oxygens (including phenoxy) is 1. The zero-order chi connectivity index (χ0) is 13.3. The number of carboxylic acid groups (broad SMARTS) is 1. The molecule has 0 amide bonds. The molecule has 0 fully saturated rings. The number of hydrogen-bond acceptors (Lipinski definition) is 3. The van der Waals surface area contributed by atoms with Gasteiger partial charge in [0.2, 0.25) is 0 Å². The molecule has 0 aliphatic carbocycles. The minimum absolute atomic E-state index is 0.423. The lowest BCUT2D eigenvalue weighted by molar-refractivity contribution is 0.0701. The molecule has 0 radical (unpaired) electrons. The molecule has 0 spiro atoms. The molecule has 0 saturated carbocycles. The second kappa shape index (κ2) is 4.98. The van der Waals surface area contributed by atoms with Crippen LogP contribution in [0.4, 0.5) is 0 Å². The van der Waals surface area contributed by atoms with Crippen LogP contribution < -0.4 is 4.74 Å². The Bertz CT molecular complexity index is 584. The Balaban J connectivity index is 2.65. The highest BCUT2D eigenvalue weighted by atomic mass is 32.1. The maximum absolute atomic E-state index is 11.3. The van der Waals surface area contributed by atoms with Gasteiger partial charge < -0.3 is 9.84 Å². The van der Waals surface area contributed by atoms with Gasteiger partial charge in [-0.25, -0.2) is 4.79 Å². The molecule has 2 rings (SSSR count). The number of methoxy groups -OCH3 is 1. The molecule has 96 valence electrons. The van der Waals surface area contributed by atoms with E-state index in [1.165, 1.54) is 11.3 Å². The van der Waals surface area contributed by atoms with Crippen molar-refractivity contribution in [2.75, 3.05) is 7.11 Å². The van der Waals surface area contributed by atoms with Crippen molar-refractivity contribution < 1.29 is 14.6 Å². The third kappa shape index (κ3) is 2.34. The molecule has 1 N–H and O–H groups in total. The van der Waals surface area contributed by atoms with Crippen LogP contribution in [0.1, 0.15) is 29.1 Å². The van der Waals surface area contributed by atoms with Gasteiger partial charge in [-0.05, 0) is 36.1 Å². The highest BCUT2D eigenvalue weighted by Gasteiger charge is 2.18. The van der Waals surface area contributed by atoms with Gasteiger partial charge in [0, 0.05) is 10.1 Å². The summed E-state index contributed by atoms with van der Waals surface area (Å²) in [4.78, 5) is 11.8. The zero-order valence-electron chi connectivity index (χ0n) is 10.7. The molecule has 1 aromatic heterocycles. The van der Waals surface area contributed by atoms with Crippen molar-refractivity contribution in [1.29, 1.82) is 0 Å². The van der Waals surface area contributed by atoms with Crippen LogP contribution in [0.2, 0.25) is 0 Å². The molecule has 2 aromatic rings. The molecule has 0 aliphatic rings. The molecule has 1 aromatic carbocycles. The van der Waals surface area contributed by atoms with Crippen LogP contribution in [0.15, 0.2) is 18.2 Å². The van der Waals surface area contributed by atoms with E-state index in [2.05, 4.69) is 13.8 Å². The number of carboxylic acids is 1. The molecule has 1 heterocycles. The summed E-state index contributed by atoms with van der Waals surface area (Å²) in [5.74, 6) is 0.347. The van der Waals surface area contributed by atoms with Crippen molar-refractivity contribution in [2.45, 2.75) is 20.3 Å². The summed E-state index contributed by atoms with van der Waals surface area (Å²) in [6, 6.07) is 5.72. The van der Waals surface area contributed by atoms with Crippen molar-refractivity contribution in [3.05, 3.63) is 28.6 Å². The zero-order valence-corrected chi connectivity index (χ0v) is 11.5. The van der Waals surface area contributed by atoms with Crippen LogP contribution in [-0.4, -0.2) is 18.2 Å². The topological polar surface area (TPSA) is 46.5 Å².